The van der Waals surface area contributed by atoms with Crippen molar-refractivity contribution in [3.63, 3.8) is 0 Å². The molecule has 1 heterocycles. The van der Waals surface area contributed by atoms with E-state index in [9.17, 15) is 20.0 Å². The Morgan fingerprint density at radius 2 is 1.96 bits per heavy atom. The Morgan fingerprint density at radius 1 is 1.43 bits per heavy atom. The van der Waals surface area contributed by atoms with Crippen molar-refractivity contribution < 1.29 is 14.8 Å². The lowest BCUT2D eigenvalue weighted by Crippen LogP contribution is -2.60. The van der Waals surface area contributed by atoms with Crippen molar-refractivity contribution in [2.45, 2.75) is 16.4 Å². The fourth-order valence-electron chi connectivity index (χ4n) is 2.29. The Bertz CT molecular complexity index is 689. The number of hydrogen-bond acceptors (Lipinski definition) is 5. The summed E-state index contributed by atoms with van der Waals surface area (Å²) >= 11 is 17.4. The Morgan fingerprint density at radius 3 is 2.30 bits per heavy atom. The van der Waals surface area contributed by atoms with Crippen LogP contribution in [0.2, 0.25) is 0 Å². The van der Waals surface area contributed by atoms with Crippen LogP contribution in [0.3, 0.4) is 0 Å². The highest BCUT2D eigenvalue weighted by molar-refractivity contribution is 6.68. The van der Waals surface area contributed by atoms with Gasteiger partial charge in [0.1, 0.15) is 0 Å². The molecule has 0 bridgehead atoms. The van der Waals surface area contributed by atoms with Gasteiger partial charge in [0, 0.05) is 12.1 Å². The highest BCUT2D eigenvalue weighted by Gasteiger charge is 2.62. The van der Waals surface area contributed by atoms with E-state index >= 15 is 0 Å². The molecule has 0 aliphatic carbocycles. The second-order valence-corrected chi connectivity index (χ2v) is 7.17. The average Bonchev–Trinajstić information content (AvgIpc) is 2.72. The van der Waals surface area contributed by atoms with Crippen LogP contribution in [0.5, 0.6) is 0 Å². The number of carbonyl (C=O) groups excluding carboxylic acids is 1. The molecule has 1 aromatic carbocycles. The molecule has 0 saturated carbocycles. The number of amides is 2. The summed E-state index contributed by atoms with van der Waals surface area (Å²) in [6.45, 7) is 1.49. The summed E-state index contributed by atoms with van der Waals surface area (Å²) in [5.41, 5.74) is 3.40. The number of benzene rings is 1. The second-order valence-electron chi connectivity index (χ2n) is 4.88. The topological polar surface area (TPSA) is 122 Å². The smallest absolute Gasteiger partial charge is 0.338 e. The molecule has 2 unspecified atom stereocenters. The van der Waals surface area contributed by atoms with Crippen LogP contribution >= 0.6 is 34.8 Å². The summed E-state index contributed by atoms with van der Waals surface area (Å²) in [7, 11) is 0. The van der Waals surface area contributed by atoms with E-state index in [4.69, 9.17) is 40.5 Å². The zero-order chi connectivity index (χ0) is 17.6. The number of nitro groups is 1. The van der Waals surface area contributed by atoms with E-state index in [1.807, 2.05) is 0 Å². The Balaban J connectivity index is 2.50. The van der Waals surface area contributed by atoms with Crippen molar-refractivity contribution in [1.29, 1.82) is 0 Å². The first-order valence-corrected chi connectivity index (χ1v) is 7.35. The molecule has 8 nitrogen and oxygen atoms in total. The minimum Gasteiger partial charge on any atom is -0.365 e. The molecule has 23 heavy (non-hydrogen) atoms. The van der Waals surface area contributed by atoms with Crippen LogP contribution in [-0.4, -0.2) is 36.3 Å². The molecule has 1 aliphatic rings. The molecule has 2 atom stereocenters. The first-order chi connectivity index (χ1) is 10.5. The number of urea groups is 1. The molecule has 0 fully saturated rings. The molecule has 124 valence electrons. The molecule has 0 spiro atoms. The normalized spacial score (nSPS) is 24.5. The van der Waals surface area contributed by atoms with Gasteiger partial charge in [-0.15, -0.1) is 0 Å². The van der Waals surface area contributed by atoms with E-state index in [2.05, 4.69) is 5.10 Å². The van der Waals surface area contributed by atoms with Gasteiger partial charge < -0.3 is 10.8 Å². The van der Waals surface area contributed by atoms with Gasteiger partial charge in [0.05, 0.1) is 16.6 Å². The third kappa shape index (κ3) is 2.83. The van der Waals surface area contributed by atoms with E-state index in [0.717, 1.165) is 0 Å². The molecule has 0 saturated heterocycles. The van der Waals surface area contributed by atoms with Crippen LogP contribution < -0.4 is 5.73 Å². The number of primary amides is 1. The number of alkyl halides is 3. The van der Waals surface area contributed by atoms with Crippen LogP contribution in [-0.2, 0) is 0 Å². The van der Waals surface area contributed by atoms with E-state index < -0.39 is 26.4 Å². The van der Waals surface area contributed by atoms with Crippen LogP contribution in [0.25, 0.3) is 0 Å². The van der Waals surface area contributed by atoms with Gasteiger partial charge in [-0.05, 0) is 17.7 Å². The molecule has 2 rings (SSSR count). The summed E-state index contributed by atoms with van der Waals surface area (Å²) in [5.74, 6) is -0.913. The maximum absolute atomic E-state index is 11.5. The zero-order valence-electron chi connectivity index (χ0n) is 11.6. The van der Waals surface area contributed by atoms with Crippen molar-refractivity contribution in [3.05, 3.63) is 39.9 Å². The maximum Gasteiger partial charge on any atom is 0.338 e. The number of hydrogen-bond donors (Lipinski definition) is 2. The van der Waals surface area contributed by atoms with Crippen molar-refractivity contribution in [3.8, 4) is 0 Å². The molecule has 1 aliphatic heterocycles. The number of nitro benzene ring substituents is 1. The molecule has 3 N–H and O–H groups in total. The molecule has 2 amide bonds. The van der Waals surface area contributed by atoms with Crippen molar-refractivity contribution in [2.75, 3.05) is 0 Å². The van der Waals surface area contributed by atoms with Crippen LogP contribution in [0.4, 0.5) is 10.5 Å². The number of nitrogens with zero attached hydrogens (tertiary/aromatic N) is 3. The quantitative estimate of drug-likeness (QED) is 0.464. The van der Waals surface area contributed by atoms with E-state index in [-0.39, 0.29) is 11.4 Å². The second kappa shape index (κ2) is 5.79. The number of carbonyl (C=O) groups is 1. The zero-order valence-corrected chi connectivity index (χ0v) is 13.9. The number of hydrazone groups is 1. The summed E-state index contributed by atoms with van der Waals surface area (Å²) in [6.07, 6.45) is 0. The van der Waals surface area contributed by atoms with Gasteiger partial charge in [0.15, 0.2) is 0 Å². The first kappa shape index (κ1) is 17.7. The predicted octanol–water partition coefficient (Wildman–Crippen LogP) is 2.39. The third-order valence-corrected chi connectivity index (χ3v) is 4.38. The fourth-order valence-corrected chi connectivity index (χ4v) is 3.02. The highest BCUT2D eigenvalue weighted by atomic mass is 35.6. The highest BCUT2D eigenvalue weighted by Crippen LogP contribution is 2.49. The van der Waals surface area contributed by atoms with E-state index in [1.54, 1.807) is 0 Å². The summed E-state index contributed by atoms with van der Waals surface area (Å²) in [4.78, 5) is 21.7. The number of aliphatic hydroxyl groups is 1. The van der Waals surface area contributed by atoms with Gasteiger partial charge in [0.25, 0.3) is 5.69 Å². The van der Waals surface area contributed by atoms with Gasteiger partial charge in [-0.3, -0.25) is 10.1 Å². The van der Waals surface area contributed by atoms with Gasteiger partial charge in [-0.25, -0.2) is 4.79 Å². The number of nitrogens with two attached hydrogens (primary N) is 1. The Labute approximate surface area is 145 Å². The molecular weight excluding hydrogens is 371 g/mol. The SMILES string of the molecule is CC1C(c2ccc([N+](=O)[O-])cc2)=NN(C(N)=O)C1(O)C(Cl)(Cl)Cl. The number of halogens is 3. The largest absolute Gasteiger partial charge is 0.365 e. The average molecular weight is 382 g/mol. The van der Waals surface area contributed by atoms with Gasteiger partial charge in [0.2, 0.25) is 9.52 Å². The fraction of sp³-hybridized carbons (Fsp3) is 0.333. The van der Waals surface area contributed by atoms with Crippen LogP contribution in [0.15, 0.2) is 29.4 Å². The predicted molar refractivity (Wildman–Crippen MR) is 85.5 cm³/mol. The molecule has 0 radical (unpaired) electrons. The summed E-state index contributed by atoms with van der Waals surface area (Å²) < 4.78 is -2.28. The molecule has 11 heteroatoms. The number of rotatable bonds is 2. The number of non-ortho nitro benzene ring substituents is 1. The lowest BCUT2D eigenvalue weighted by Gasteiger charge is -2.38. The first-order valence-electron chi connectivity index (χ1n) is 6.22. The standard InChI is InChI=1S/C12H11Cl3N4O4/c1-6-9(7-2-4-8(5-3-7)19(22)23)17-18(10(16)20)11(6,21)12(13,14)15/h2-6,21H,1H3,(H2,16,20). The van der Waals surface area contributed by atoms with E-state index in [0.29, 0.717) is 10.6 Å². The van der Waals surface area contributed by atoms with Gasteiger partial charge in [-0.1, -0.05) is 41.7 Å². The van der Waals surface area contributed by atoms with Crippen LogP contribution in [0, 0.1) is 16.0 Å². The van der Waals surface area contributed by atoms with E-state index in [1.165, 1.54) is 31.2 Å². The summed E-state index contributed by atoms with van der Waals surface area (Å²) in [5, 5.41) is 25.8. The molecule has 0 aromatic heterocycles. The van der Waals surface area contributed by atoms with Crippen molar-refractivity contribution in [1.82, 2.24) is 5.01 Å². The molecular formula is C12H11Cl3N4O4. The van der Waals surface area contributed by atoms with Crippen LogP contribution in [0.1, 0.15) is 12.5 Å². The monoisotopic (exact) mass is 380 g/mol. The minimum absolute atomic E-state index is 0.122. The maximum atomic E-state index is 11.5. The Hall–Kier alpha value is -1.61. The lowest BCUT2D eigenvalue weighted by atomic mass is 9.90. The third-order valence-electron chi connectivity index (χ3n) is 3.54. The lowest BCUT2D eigenvalue weighted by molar-refractivity contribution is -0.384. The molecule has 1 aromatic rings. The minimum atomic E-state index is -2.29. The summed E-state index contributed by atoms with van der Waals surface area (Å²) in [6, 6.07) is 4.23. The Kier molecular flexibility index (Phi) is 4.46. The van der Waals surface area contributed by atoms with Gasteiger partial charge >= 0.3 is 6.03 Å². The van der Waals surface area contributed by atoms with Crippen molar-refractivity contribution >= 4 is 52.2 Å². The van der Waals surface area contributed by atoms with Crippen molar-refractivity contribution in [2.24, 2.45) is 16.8 Å². The van der Waals surface area contributed by atoms with Gasteiger partial charge in [-0.2, -0.15) is 10.1 Å².